The van der Waals surface area contributed by atoms with E-state index in [0.717, 1.165) is 0 Å². The Morgan fingerprint density at radius 1 is 0.568 bits per heavy atom. The normalized spacial score (nSPS) is 15.5. The van der Waals surface area contributed by atoms with E-state index in [-0.39, 0.29) is 26.4 Å². The lowest BCUT2D eigenvalue weighted by atomic mass is 9.88. The monoisotopic (exact) mass is 650 g/mol. The van der Waals surface area contributed by atoms with Crippen LogP contribution in [0.15, 0.2) is 48.5 Å². The van der Waals surface area contributed by atoms with Crippen LogP contribution in [0.25, 0.3) is 0 Å². The minimum absolute atomic E-state index is 0.0837. The second kappa shape index (κ2) is 17.3. The van der Waals surface area contributed by atoms with Gasteiger partial charge in [-0.1, -0.05) is 59.6 Å². The molecule has 1 fully saturated rings. The summed E-state index contributed by atoms with van der Waals surface area (Å²) in [6, 6.07) is 12.5. The number of nitrogens with zero attached hydrogens (tertiary/aromatic N) is 2. The van der Waals surface area contributed by atoms with E-state index >= 15 is 0 Å². The van der Waals surface area contributed by atoms with E-state index in [4.69, 9.17) is 42.1 Å². The van der Waals surface area contributed by atoms with Crippen molar-refractivity contribution in [2.75, 3.05) is 52.6 Å². The maximum atomic E-state index is 13.3. The van der Waals surface area contributed by atoms with Crippen LogP contribution >= 0.6 is 23.2 Å². The van der Waals surface area contributed by atoms with Crippen molar-refractivity contribution >= 4 is 47.1 Å². The van der Waals surface area contributed by atoms with Crippen molar-refractivity contribution in [3.63, 3.8) is 0 Å². The minimum Gasteiger partial charge on any atom is -0.465 e. The molecule has 44 heavy (non-hydrogen) atoms. The Balaban J connectivity index is 2.04. The van der Waals surface area contributed by atoms with Gasteiger partial charge in [-0.25, -0.2) is 0 Å². The van der Waals surface area contributed by atoms with Crippen molar-refractivity contribution in [3.8, 4) is 0 Å². The van der Waals surface area contributed by atoms with Crippen LogP contribution < -0.4 is 0 Å². The Bertz CT molecular complexity index is 1150. The molecule has 2 aromatic carbocycles. The first-order valence-electron chi connectivity index (χ1n) is 14.8. The van der Waals surface area contributed by atoms with Crippen LogP contribution in [0, 0.1) is 11.8 Å². The Hall–Kier alpha value is -3.18. The molecule has 0 radical (unpaired) electrons. The molecular formula is C32H40Cl2N2O8. The molecule has 0 spiro atoms. The molecule has 0 saturated carbocycles. The van der Waals surface area contributed by atoms with E-state index in [9.17, 15) is 19.2 Å². The Labute approximate surface area is 268 Å². The summed E-state index contributed by atoms with van der Waals surface area (Å²) >= 11 is 13.3. The van der Waals surface area contributed by atoms with Crippen molar-refractivity contribution in [2.45, 2.75) is 39.8 Å². The first-order valence-corrected chi connectivity index (χ1v) is 15.6. The number of esters is 4. The molecule has 0 aliphatic carbocycles. The standard InChI is InChI=1S/C32H40Cl2N2O8/c1-5-41-29(37)25(30(38)42-6-2)27(21-13-9-11-15-23(21)33)35-17-19-36(20-18-35)28(22-14-10-12-16-24(22)34)26(31(39)43-7-3)32(40)44-8-4/h9-16,25-28H,5-8,17-20H2,1-4H3. The molecule has 12 heteroatoms. The molecule has 3 rings (SSSR count). The molecule has 240 valence electrons. The third-order valence-corrected chi connectivity index (χ3v) is 8.07. The van der Waals surface area contributed by atoms with Gasteiger partial charge in [-0.15, -0.1) is 0 Å². The fourth-order valence-corrected chi connectivity index (χ4v) is 6.03. The molecule has 1 saturated heterocycles. The van der Waals surface area contributed by atoms with Gasteiger partial charge in [0.05, 0.1) is 38.5 Å². The molecule has 1 aliphatic heterocycles. The number of carbonyl (C=O) groups is 4. The second-order valence-corrected chi connectivity index (χ2v) is 10.8. The van der Waals surface area contributed by atoms with Gasteiger partial charge in [-0.05, 0) is 51.0 Å². The highest BCUT2D eigenvalue weighted by Crippen LogP contribution is 2.39. The molecule has 0 bridgehead atoms. The van der Waals surface area contributed by atoms with Crippen LogP contribution in [0.5, 0.6) is 0 Å². The van der Waals surface area contributed by atoms with Gasteiger partial charge in [0.1, 0.15) is 0 Å². The molecule has 1 aliphatic rings. The third-order valence-electron chi connectivity index (χ3n) is 7.38. The summed E-state index contributed by atoms with van der Waals surface area (Å²) < 4.78 is 21.3. The van der Waals surface area contributed by atoms with Crippen LogP contribution in [0.2, 0.25) is 10.0 Å². The number of hydrogen-bond donors (Lipinski definition) is 0. The van der Waals surface area contributed by atoms with Gasteiger partial charge in [0.25, 0.3) is 0 Å². The molecule has 0 aromatic heterocycles. The number of carbonyl (C=O) groups excluding carboxylic acids is 4. The fourth-order valence-electron chi connectivity index (χ4n) is 5.53. The topological polar surface area (TPSA) is 112 Å². The molecule has 10 nitrogen and oxygen atoms in total. The van der Waals surface area contributed by atoms with Crippen molar-refractivity contribution < 1.29 is 38.1 Å². The molecule has 2 unspecified atom stereocenters. The molecule has 1 heterocycles. The van der Waals surface area contributed by atoms with Crippen LogP contribution in [0.1, 0.15) is 50.9 Å². The van der Waals surface area contributed by atoms with E-state index in [0.29, 0.717) is 47.4 Å². The zero-order chi connectivity index (χ0) is 32.2. The molecule has 2 atom stereocenters. The van der Waals surface area contributed by atoms with E-state index in [2.05, 4.69) is 0 Å². The third kappa shape index (κ3) is 8.50. The van der Waals surface area contributed by atoms with Gasteiger partial charge < -0.3 is 18.9 Å². The first-order chi connectivity index (χ1) is 21.2. The lowest BCUT2D eigenvalue weighted by Crippen LogP contribution is -2.54. The zero-order valence-corrected chi connectivity index (χ0v) is 27.0. The zero-order valence-electron chi connectivity index (χ0n) is 25.5. The summed E-state index contributed by atoms with van der Waals surface area (Å²) in [5.74, 6) is -5.44. The van der Waals surface area contributed by atoms with Crippen molar-refractivity contribution in [3.05, 3.63) is 69.7 Å². The highest BCUT2D eigenvalue weighted by molar-refractivity contribution is 6.31. The van der Waals surface area contributed by atoms with Crippen molar-refractivity contribution in [2.24, 2.45) is 11.8 Å². The SMILES string of the molecule is CCOC(=O)C(C(=O)OCC)C(c1ccccc1Cl)N1CCN(C(c2ccccc2Cl)C(C(=O)OCC)C(=O)OCC)CC1. The second-order valence-electron chi connectivity index (χ2n) is 9.97. The quantitative estimate of drug-likeness (QED) is 0.159. The van der Waals surface area contributed by atoms with Crippen molar-refractivity contribution in [1.82, 2.24) is 9.80 Å². The summed E-state index contributed by atoms with van der Waals surface area (Å²) in [6.07, 6.45) is 0. The lowest BCUT2D eigenvalue weighted by molar-refractivity contribution is -0.169. The van der Waals surface area contributed by atoms with Crippen LogP contribution in [-0.2, 0) is 38.1 Å². The van der Waals surface area contributed by atoms with E-state index in [1.807, 2.05) is 9.80 Å². The molecule has 0 N–H and O–H groups in total. The van der Waals surface area contributed by atoms with Crippen LogP contribution in [-0.4, -0.2) is 86.3 Å². The lowest BCUT2D eigenvalue weighted by Gasteiger charge is -2.44. The largest absolute Gasteiger partial charge is 0.465 e. The summed E-state index contributed by atoms with van der Waals surface area (Å²) in [7, 11) is 0. The Morgan fingerprint density at radius 3 is 1.09 bits per heavy atom. The highest BCUT2D eigenvalue weighted by Gasteiger charge is 2.46. The van der Waals surface area contributed by atoms with Gasteiger partial charge >= 0.3 is 23.9 Å². The van der Waals surface area contributed by atoms with Gasteiger partial charge in [0, 0.05) is 36.2 Å². The Morgan fingerprint density at radius 2 is 0.841 bits per heavy atom. The maximum Gasteiger partial charge on any atom is 0.322 e. The number of benzene rings is 2. The van der Waals surface area contributed by atoms with Gasteiger partial charge in [-0.2, -0.15) is 0 Å². The van der Waals surface area contributed by atoms with E-state index in [1.54, 1.807) is 76.2 Å². The molecule has 2 aromatic rings. The van der Waals surface area contributed by atoms with E-state index in [1.165, 1.54) is 0 Å². The summed E-state index contributed by atoms with van der Waals surface area (Å²) in [4.78, 5) is 57.0. The molecular weight excluding hydrogens is 611 g/mol. The average Bonchev–Trinajstić information content (AvgIpc) is 3.00. The van der Waals surface area contributed by atoms with Crippen LogP contribution in [0.3, 0.4) is 0 Å². The smallest absolute Gasteiger partial charge is 0.322 e. The van der Waals surface area contributed by atoms with Gasteiger partial charge in [0.15, 0.2) is 11.8 Å². The maximum absolute atomic E-state index is 13.3. The summed E-state index contributed by atoms with van der Waals surface area (Å²) in [5.41, 5.74) is 1.15. The van der Waals surface area contributed by atoms with Crippen molar-refractivity contribution in [1.29, 1.82) is 0 Å². The van der Waals surface area contributed by atoms with Gasteiger partial charge in [0.2, 0.25) is 0 Å². The summed E-state index contributed by atoms with van der Waals surface area (Å²) in [5, 5.41) is 0.773. The minimum atomic E-state index is -1.30. The fraction of sp³-hybridized carbons (Fsp3) is 0.500. The highest BCUT2D eigenvalue weighted by atomic mass is 35.5. The number of halogens is 2. The number of ether oxygens (including phenoxy) is 4. The average molecular weight is 652 g/mol. The number of hydrogen-bond acceptors (Lipinski definition) is 10. The van der Waals surface area contributed by atoms with Gasteiger partial charge in [-0.3, -0.25) is 29.0 Å². The number of piperazine rings is 1. The predicted molar refractivity (Wildman–Crippen MR) is 165 cm³/mol. The Kier molecular flexibility index (Phi) is 13.9. The molecule has 0 amide bonds. The summed E-state index contributed by atoms with van der Waals surface area (Å²) in [6.45, 7) is 8.36. The predicted octanol–water partition coefficient (Wildman–Crippen LogP) is 4.88. The van der Waals surface area contributed by atoms with Crippen LogP contribution in [0.4, 0.5) is 0 Å². The number of rotatable bonds is 14. The first kappa shape index (κ1) is 35.3. The van der Waals surface area contributed by atoms with E-state index < -0.39 is 47.8 Å².